The van der Waals surface area contributed by atoms with Gasteiger partial charge in [0.05, 0.1) is 19.3 Å². The Labute approximate surface area is 161 Å². The van der Waals surface area contributed by atoms with Crippen LogP contribution in [0.5, 0.6) is 5.75 Å². The number of likely N-dealkylation sites (tertiary alicyclic amines) is 1. The zero-order valence-electron chi connectivity index (χ0n) is 16.0. The first-order valence-corrected chi connectivity index (χ1v) is 9.74. The van der Waals surface area contributed by atoms with Gasteiger partial charge in [0, 0.05) is 50.8 Å². The summed E-state index contributed by atoms with van der Waals surface area (Å²) in [4.78, 5) is 6.58. The molecule has 5 nitrogen and oxygen atoms in total. The Morgan fingerprint density at radius 1 is 1.22 bits per heavy atom. The predicted octanol–water partition coefficient (Wildman–Crippen LogP) is 3.29. The van der Waals surface area contributed by atoms with Crippen LogP contribution in [-0.2, 0) is 22.6 Å². The summed E-state index contributed by atoms with van der Waals surface area (Å²) < 4.78 is 17.5. The summed E-state index contributed by atoms with van der Waals surface area (Å²) in [5.74, 6) is 1.55. The smallest absolute Gasteiger partial charge is 0.123 e. The molecule has 1 spiro atoms. The molecule has 5 heteroatoms. The topological polar surface area (TPSA) is 43.8 Å². The maximum atomic E-state index is 6.19. The van der Waals surface area contributed by atoms with Crippen LogP contribution in [0.4, 0.5) is 0 Å². The van der Waals surface area contributed by atoms with Gasteiger partial charge in [0.1, 0.15) is 5.75 Å². The summed E-state index contributed by atoms with van der Waals surface area (Å²) in [6.45, 7) is 5.19. The van der Waals surface area contributed by atoms with Crippen molar-refractivity contribution in [1.82, 2.24) is 9.88 Å². The fourth-order valence-corrected chi connectivity index (χ4v) is 4.34. The van der Waals surface area contributed by atoms with Gasteiger partial charge in [-0.2, -0.15) is 0 Å². The molecule has 2 aliphatic heterocycles. The van der Waals surface area contributed by atoms with Crippen molar-refractivity contribution in [3.05, 3.63) is 59.9 Å². The molecule has 0 N–H and O–H groups in total. The van der Waals surface area contributed by atoms with E-state index in [9.17, 15) is 0 Å². The van der Waals surface area contributed by atoms with Crippen LogP contribution in [0, 0.1) is 5.92 Å². The Morgan fingerprint density at radius 3 is 2.93 bits per heavy atom. The number of methoxy groups -OCH3 is 1. The lowest BCUT2D eigenvalue weighted by atomic mass is 9.79. The summed E-state index contributed by atoms with van der Waals surface area (Å²) in [7, 11) is 1.73. The van der Waals surface area contributed by atoms with E-state index in [-0.39, 0.29) is 5.60 Å². The molecule has 1 aromatic carbocycles. The van der Waals surface area contributed by atoms with E-state index in [1.165, 1.54) is 5.56 Å². The van der Waals surface area contributed by atoms with Gasteiger partial charge >= 0.3 is 0 Å². The van der Waals surface area contributed by atoms with Crippen LogP contribution in [0.1, 0.15) is 24.0 Å². The molecule has 2 aliphatic rings. The molecule has 0 saturated carbocycles. The van der Waals surface area contributed by atoms with E-state index in [1.807, 2.05) is 24.4 Å². The second-order valence-corrected chi connectivity index (χ2v) is 7.56. The van der Waals surface area contributed by atoms with E-state index in [0.29, 0.717) is 12.5 Å². The number of rotatable bonds is 8. The van der Waals surface area contributed by atoms with Crippen molar-refractivity contribution in [2.24, 2.45) is 5.92 Å². The maximum Gasteiger partial charge on any atom is 0.123 e. The third-order valence-electron chi connectivity index (χ3n) is 5.77. The third-order valence-corrected chi connectivity index (χ3v) is 5.77. The maximum absolute atomic E-state index is 6.19. The Hall–Kier alpha value is -1.95. The highest BCUT2D eigenvalue weighted by atomic mass is 16.5. The monoisotopic (exact) mass is 368 g/mol. The first kappa shape index (κ1) is 18.4. The first-order chi connectivity index (χ1) is 13.3. The van der Waals surface area contributed by atoms with Crippen LogP contribution in [0.3, 0.4) is 0 Å². The van der Waals surface area contributed by atoms with E-state index >= 15 is 0 Å². The number of hydrogen-bond donors (Lipinski definition) is 0. The predicted molar refractivity (Wildman–Crippen MR) is 104 cm³/mol. The van der Waals surface area contributed by atoms with Crippen molar-refractivity contribution < 1.29 is 14.2 Å². The van der Waals surface area contributed by atoms with Crippen molar-refractivity contribution >= 4 is 0 Å². The Balaban J connectivity index is 1.24. The minimum absolute atomic E-state index is 0.0275. The molecule has 3 heterocycles. The van der Waals surface area contributed by atoms with Crippen LogP contribution in [-0.4, -0.2) is 48.9 Å². The molecule has 2 saturated heterocycles. The number of ether oxygens (including phenoxy) is 3. The second kappa shape index (κ2) is 8.38. The Kier molecular flexibility index (Phi) is 5.72. The molecule has 1 unspecified atom stereocenters. The van der Waals surface area contributed by atoms with Gasteiger partial charge in [-0.1, -0.05) is 24.3 Å². The zero-order chi connectivity index (χ0) is 18.5. The second-order valence-electron chi connectivity index (χ2n) is 7.56. The van der Waals surface area contributed by atoms with Crippen LogP contribution >= 0.6 is 0 Å². The minimum Gasteiger partial charge on any atom is -0.496 e. The molecule has 2 fully saturated rings. The Morgan fingerprint density at radius 2 is 2.11 bits per heavy atom. The standard InChI is InChI=1S/C22H28N2O3/c1-25-21-7-3-2-6-19(21)14-24-16-22(17-24)20(9-12-27-22)8-11-26-15-18-5-4-10-23-13-18/h2-7,10,13,20H,8-9,11-12,14-17H2,1H3. The van der Waals surface area contributed by atoms with Gasteiger partial charge in [-0.3, -0.25) is 9.88 Å². The lowest BCUT2D eigenvalue weighted by Gasteiger charge is -2.50. The quantitative estimate of drug-likeness (QED) is 0.669. The summed E-state index contributed by atoms with van der Waals surface area (Å²) in [5.41, 5.74) is 2.39. The minimum atomic E-state index is 0.0275. The van der Waals surface area contributed by atoms with Gasteiger partial charge < -0.3 is 14.2 Å². The molecule has 2 aromatic rings. The van der Waals surface area contributed by atoms with Crippen molar-refractivity contribution in [3.63, 3.8) is 0 Å². The third kappa shape index (κ3) is 4.15. The van der Waals surface area contributed by atoms with Crippen LogP contribution in [0.2, 0.25) is 0 Å². The molecular weight excluding hydrogens is 340 g/mol. The lowest BCUT2D eigenvalue weighted by Crippen LogP contribution is -2.64. The molecule has 0 radical (unpaired) electrons. The van der Waals surface area contributed by atoms with Crippen LogP contribution in [0.25, 0.3) is 0 Å². The molecule has 27 heavy (non-hydrogen) atoms. The van der Waals surface area contributed by atoms with Crippen LogP contribution in [0.15, 0.2) is 48.8 Å². The molecular formula is C22H28N2O3. The van der Waals surface area contributed by atoms with Gasteiger partial charge in [-0.05, 0) is 36.5 Å². The number of para-hydroxylation sites is 1. The van der Waals surface area contributed by atoms with Crippen LogP contribution < -0.4 is 4.74 Å². The van der Waals surface area contributed by atoms with Crippen molar-refractivity contribution in [3.8, 4) is 5.75 Å². The summed E-state index contributed by atoms with van der Waals surface area (Å²) in [6.07, 6.45) is 5.85. The van der Waals surface area contributed by atoms with E-state index < -0.39 is 0 Å². The average molecular weight is 368 g/mol. The largest absolute Gasteiger partial charge is 0.496 e. The normalized spacial score (nSPS) is 21.3. The highest BCUT2D eigenvalue weighted by Crippen LogP contribution is 2.42. The molecule has 1 atom stereocenters. The summed E-state index contributed by atoms with van der Waals surface area (Å²) in [5, 5.41) is 0. The van der Waals surface area contributed by atoms with Gasteiger partial charge in [-0.15, -0.1) is 0 Å². The fraction of sp³-hybridized carbons (Fsp3) is 0.500. The molecule has 1 aromatic heterocycles. The number of pyridine rings is 1. The van der Waals surface area contributed by atoms with E-state index in [4.69, 9.17) is 14.2 Å². The number of nitrogens with zero attached hydrogens (tertiary/aromatic N) is 2. The molecule has 144 valence electrons. The summed E-state index contributed by atoms with van der Waals surface area (Å²) >= 11 is 0. The molecule has 0 amide bonds. The Bertz CT molecular complexity index is 731. The van der Waals surface area contributed by atoms with Gasteiger partial charge in [-0.25, -0.2) is 0 Å². The van der Waals surface area contributed by atoms with E-state index in [1.54, 1.807) is 13.3 Å². The highest BCUT2D eigenvalue weighted by molar-refractivity contribution is 5.33. The lowest BCUT2D eigenvalue weighted by molar-refractivity contribution is -0.139. The van der Waals surface area contributed by atoms with Gasteiger partial charge in [0.15, 0.2) is 0 Å². The highest BCUT2D eigenvalue weighted by Gasteiger charge is 2.52. The molecule has 4 rings (SSSR count). The number of benzene rings is 1. The van der Waals surface area contributed by atoms with Crippen molar-refractivity contribution in [1.29, 1.82) is 0 Å². The van der Waals surface area contributed by atoms with E-state index in [0.717, 1.165) is 57.0 Å². The molecule has 0 aliphatic carbocycles. The van der Waals surface area contributed by atoms with Gasteiger partial charge in [0.25, 0.3) is 0 Å². The average Bonchev–Trinajstić information content (AvgIpc) is 3.10. The summed E-state index contributed by atoms with van der Waals surface area (Å²) in [6, 6.07) is 12.3. The zero-order valence-corrected chi connectivity index (χ0v) is 16.0. The van der Waals surface area contributed by atoms with E-state index in [2.05, 4.69) is 28.1 Å². The first-order valence-electron chi connectivity index (χ1n) is 9.74. The SMILES string of the molecule is COc1ccccc1CN1CC2(C1)OCCC2CCOCc1cccnc1. The number of hydrogen-bond acceptors (Lipinski definition) is 5. The fourth-order valence-electron chi connectivity index (χ4n) is 4.34. The van der Waals surface area contributed by atoms with Gasteiger partial charge in [0.2, 0.25) is 0 Å². The van der Waals surface area contributed by atoms with Crippen molar-refractivity contribution in [2.75, 3.05) is 33.4 Å². The molecule has 0 bridgehead atoms. The number of aromatic nitrogens is 1. The van der Waals surface area contributed by atoms with Crippen molar-refractivity contribution in [2.45, 2.75) is 31.6 Å².